The van der Waals surface area contributed by atoms with Crippen molar-refractivity contribution in [2.45, 2.75) is 191 Å². The van der Waals surface area contributed by atoms with Crippen molar-refractivity contribution in [2.75, 3.05) is 12.3 Å². The first-order valence-corrected chi connectivity index (χ1v) is 25.2. The number of thiol groups is 1. The van der Waals surface area contributed by atoms with Gasteiger partial charge in [-0.1, -0.05) is 78.1 Å². The van der Waals surface area contributed by atoms with Crippen molar-refractivity contribution in [2.24, 2.45) is 29.2 Å². The molecule has 13 N–H and O–H groups in total. The van der Waals surface area contributed by atoms with E-state index in [0.717, 1.165) is 64.2 Å². The van der Waals surface area contributed by atoms with Crippen LogP contribution in [0.4, 0.5) is 0 Å². The second-order valence-corrected chi connectivity index (χ2v) is 19.7. The number of hydrogen-bond acceptors (Lipinski definition) is 13. The average molecular weight is 1010 g/mol. The van der Waals surface area contributed by atoms with Crippen LogP contribution in [0.3, 0.4) is 0 Å². The molecule has 3 aliphatic rings. The van der Waals surface area contributed by atoms with E-state index in [1.54, 1.807) is 13.8 Å². The molecular formula is C46H75N9O14S. The Kier molecular flexibility index (Phi) is 24.9. The summed E-state index contributed by atoms with van der Waals surface area (Å²) < 4.78 is 0. The van der Waals surface area contributed by atoms with Crippen molar-refractivity contribution in [1.29, 1.82) is 0 Å². The smallest absolute Gasteiger partial charge is 0.305 e. The molecule has 2 saturated carbocycles. The molecule has 8 amide bonds. The molecule has 70 heavy (non-hydrogen) atoms. The normalized spacial score (nSPS) is 19.5. The Morgan fingerprint density at radius 2 is 1.00 bits per heavy atom. The zero-order valence-corrected chi connectivity index (χ0v) is 41.2. The van der Waals surface area contributed by atoms with E-state index < -0.39 is 146 Å². The maximum atomic E-state index is 14.3. The van der Waals surface area contributed by atoms with Crippen LogP contribution in [0.5, 0.6) is 0 Å². The number of carboxylic acids is 3. The number of amides is 8. The van der Waals surface area contributed by atoms with E-state index >= 15 is 0 Å². The molecule has 2 aliphatic carbocycles. The number of likely N-dealkylation sites (tertiary alicyclic amines) is 1. The van der Waals surface area contributed by atoms with Gasteiger partial charge >= 0.3 is 17.9 Å². The molecular weight excluding hydrogens is 935 g/mol. The molecule has 3 fully saturated rings. The maximum Gasteiger partial charge on any atom is 0.305 e. The lowest BCUT2D eigenvalue weighted by atomic mass is 9.84. The predicted octanol–water partition coefficient (Wildman–Crippen LogP) is -0.180. The van der Waals surface area contributed by atoms with Gasteiger partial charge < -0.3 is 63.6 Å². The summed E-state index contributed by atoms with van der Waals surface area (Å²) in [4.78, 5) is 145. The number of nitrogens with one attached hydrogen (secondary N) is 6. The van der Waals surface area contributed by atoms with Crippen LogP contribution in [-0.4, -0.2) is 146 Å². The zero-order chi connectivity index (χ0) is 52.1. The molecule has 8 atom stereocenters. The first-order valence-electron chi connectivity index (χ1n) is 24.5. The number of primary amides is 1. The number of nitrogens with two attached hydrogens (primary N) is 2. The molecule has 0 spiro atoms. The third-order valence-corrected chi connectivity index (χ3v) is 13.5. The van der Waals surface area contributed by atoms with Gasteiger partial charge in [-0.2, -0.15) is 12.6 Å². The molecule has 0 unspecified atom stereocenters. The van der Waals surface area contributed by atoms with Gasteiger partial charge in [0.05, 0.1) is 12.5 Å². The van der Waals surface area contributed by atoms with Gasteiger partial charge in [0, 0.05) is 25.1 Å². The van der Waals surface area contributed by atoms with Crippen molar-refractivity contribution in [3.05, 3.63) is 0 Å². The highest BCUT2D eigenvalue weighted by atomic mass is 32.1. The van der Waals surface area contributed by atoms with Crippen LogP contribution in [0, 0.1) is 17.8 Å². The summed E-state index contributed by atoms with van der Waals surface area (Å²) in [5.41, 5.74) is 11.3. The molecule has 0 bridgehead atoms. The van der Waals surface area contributed by atoms with Crippen LogP contribution < -0.4 is 43.4 Å². The SMILES string of the molecule is CC(C)C[C@H](NC(=O)[C@@H](CCC(=O)O)NC(=O)[C@@H](N)CC(=O)O)C(=O)N[C@@H](CCC(=O)O)C(=O)N[C@@H](CC1CCCCC1)C(=O)N[C@@H](CS)C(=O)N1CCC[C@H]1C(=O)N[C@@H](CC1CCCCC1)C(N)=O. The van der Waals surface area contributed by atoms with Crippen LogP contribution in [0.1, 0.15) is 142 Å². The molecule has 1 heterocycles. The predicted molar refractivity (Wildman–Crippen MR) is 255 cm³/mol. The molecule has 23 nitrogen and oxygen atoms in total. The molecule has 394 valence electrons. The maximum absolute atomic E-state index is 14.3. The van der Waals surface area contributed by atoms with E-state index in [0.29, 0.717) is 19.3 Å². The topological polar surface area (TPSA) is 376 Å². The molecule has 0 aromatic rings. The van der Waals surface area contributed by atoms with Gasteiger partial charge in [-0.15, -0.1) is 0 Å². The van der Waals surface area contributed by atoms with E-state index in [2.05, 4.69) is 44.5 Å². The first-order chi connectivity index (χ1) is 33.1. The van der Waals surface area contributed by atoms with Crippen molar-refractivity contribution >= 4 is 77.8 Å². The third-order valence-electron chi connectivity index (χ3n) is 13.1. The Hall–Kier alpha value is -5.52. The van der Waals surface area contributed by atoms with Gasteiger partial charge in [0.1, 0.15) is 42.3 Å². The summed E-state index contributed by atoms with van der Waals surface area (Å²) in [5.74, 6) is -10.9. The van der Waals surface area contributed by atoms with Gasteiger partial charge in [0.15, 0.2) is 0 Å². The lowest BCUT2D eigenvalue weighted by molar-refractivity contribution is -0.142. The summed E-state index contributed by atoms with van der Waals surface area (Å²) in [6.45, 7) is 3.61. The van der Waals surface area contributed by atoms with Crippen molar-refractivity contribution in [3.63, 3.8) is 0 Å². The Bertz CT molecular complexity index is 1860. The third kappa shape index (κ3) is 20.1. The molecule has 1 saturated heterocycles. The quantitative estimate of drug-likeness (QED) is 0.0433. The van der Waals surface area contributed by atoms with Gasteiger partial charge in [-0.3, -0.25) is 52.7 Å². The van der Waals surface area contributed by atoms with E-state index in [1.165, 1.54) is 4.90 Å². The van der Waals surface area contributed by atoms with E-state index in [-0.39, 0.29) is 42.9 Å². The summed E-state index contributed by atoms with van der Waals surface area (Å²) in [6.07, 6.45) is 7.50. The second kappa shape index (κ2) is 29.6. The number of carbonyl (C=O) groups excluding carboxylic acids is 8. The van der Waals surface area contributed by atoms with Crippen LogP contribution in [0.25, 0.3) is 0 Å². The number of carbonyl (C=O) groups is 11. The van der Waals surface area contributed by atoms with Crippen LogP contribution in [-0.2, 0) is 52.7 Å². The minimum atomic E-state index is -1.59. The molecule has 1 aliphatic heterocycles. The number of carboxylic acid groups (broad SMARTS) is 3. The molecule has 0 aromatic heterocycles. The Morgan fingerprint density at radius 1 is 0.557 bits per heavy atom. The monoisotopic (exact) mass is 1010 g/mol. The van der Waals surface area contributed by atoms with E-state index in [4.69, 9.17) is 16.6 Å². The second-order valence-electron chi connectivity index (χ2n) is 19.3. The number of aliphatic carboxylic acids is 3. The molecule has 0 radical (unpaired) electrons. The van der Waals surface area contributed by atoms with E-state index in [9.17, 15) is 63.0 Å². The highest BCUT2D eigenvalue weighted by Gasteiger charge is 2.40. The zero-order valence-electron chi connectivity index (χ0n) is 40.3. The fourth-order valence-corrected chi connectivity index (χ4v) is 9.62. The standard InChI is InChI=1S/C46H75N9O14S/c1-25(2)20-32(52-41(64)29(15-17-36(56)57)49-40(63)28(47)23-38(60)61)43(66)50-30(16-18-37(58)59)42(65)53-33(22-27-12-7-4-8-13-27)44(67)54-34(24-70)46(69)55-19-9-14-35(55)45(68)51-31(39(48)62)21-26-10-5-3-6-11-26/h25-35,70H,3-24,47H2,1-2H3,(H2,48,62)(H,49,63)(H,50,66)(H,51,68)(H,52,64)(H,53,65)(H,54,67)(H,56,57)(H,58,59)(H,60,61)/t28-,29+,30-,31-,32-,33-,34-,35-/m0/s1. The van der Waals surface area contributed by atoms with Crippen molar-refractivity contribution in [1.82, 2.24) is 36.8 Å². The fraction of sp³-hybridized carbons (Fsp3) is 0.761. The lowest BCUT2D eigenvalue weighted by Crippen LogP contribution is -2.60. The average Bonchev–Trinajstić information content (AvgIpc) is 3.80. The number of nitrogens with zero attached hydrogens (tertiary/aromatic N) is 1. The summed E-state index contributed by atoms with van der Waals surface area (Å²) in [7, 11) is 0. The van der Waals surface area contributed by atoms with E-state index in [1.807, 2.05) is 0 Å². The lowest BCUT2D eigenvalue weighted by Gasteiger charge is -2.32. The van der Waals surface area contributed by atoms with Gasteiger partial charge in [-0.25, -0.2) is 0 Å². The Morgan fingerprint density at radius 3 is 1.47 bits per heavy atom. The van der Waals surface area contributed by atoms with Gasteiger partial charge in [0.25, 0.3) is 0 Å². The van der Waals surface area contributed by atoms with Gasteiger partial charge in [-0.05, 0) is 62.7 Å². The minimum Gasteiger partial charge on any atom is -0.481 e. The van der Waals surface area contributed by atoms with Crippen LogP contribution in [0.2, 0.25) is 0 Å². The largest absolute Gasteiger partial charge is 0.481 e. The van der Waals surface area contributed by atoms with Crippen LogP contribution >= 0.6 is 12.6 Å². The molecule has 0 aromatic carbocycles. The van der Waals surface area contributed by atoms with Crippen LogP contribution in [0.15, 0.2) is 0 Å². The highest BCUT2D eigenvalue weighted by Crippen LogP contribution is 2.29. The highest BCUT2D eigenvalue weighted by molar-refractivity contribution is 7.80. The van der Waals surface area contributed by atoms with Gasteiger partial charge in [0.2, 0.25) is 47.3 Å². The molecule has 24 heteroatoms. The number of rotatable bonds is 29. The summed E-state index contributed by atoms with van der Waals surface area (Å²) in [5, 5.41) is 43.3. The fourth-order valence-electron chi connectivity index (χ4n) is 9.37. The summed E-state index contributed by atoms with van der Waals surface area (Å²) in [6, 6.07) is -10.6. The first kappa shape index (κ1) is 58.8. The Balaban J connectivity index is 1.83. The van der Waals surface area contributed by atoms with Crippen molar-refractivity contribution < 1.29 is 68.1 Å². The minimum absolute atomic E-state index is 0.0284. The number of hydrogen-bond donors (Lipinski definition) is 12. The Labute approximate surface area is 413 Å². The summed E-state index contributed by atoms with van der Waals surface area (Å²) >= 11 is 4.36. The molecule has 3 rings (SSSR count). The van der Waals surface area contributed by atoms with Crippen molar-refractivity contribution in [3.8, 4) is 0 Å².